The van der Waals surface area contributed by atoms with Crippen molar-refractivity contribution in [3.8, 4) is 6.07 Å². The summed E-state index contributed by atoms with van der Waals surface area (Å²) in [4.78, 5) is 8.25. The smallest absolute Gasteiger partial charge is 0.134 e. The number of nitriles is 1. The first-order chi connectivity index (χ1) is 11.3. The molecule has 1 aromatic heterocycles. The quantitative estimate of drug-likeness (QED) is 0.748. The second-order valence-corrected chi connectivity index (χ2v) is 6.75. The zero-order valence-electron chi connectivity index (χ0n) is 13.7. The van der Waals surface area contributed by atoms with Gasteiger partial charge in [0.15, 0.2) is 0 Å². The Morgan fingerprint density at radius 2 is 1.96 bits per heavy atom. The van der Waals surface area contributed by atoms with Crippen LogP contribution < -0.4 is 4.90 Å². The Hall–Kier alpha value is -2.12. The summed E-state index contributed by atoms with van der Waals surface area (Å²) in [5.41, 5.74) is 4.33. The highest BCUT2D eigenvalue weighted by Crippen LogP contribution is 2.40. The topological polar surface area (TPSA) is 39.4 Å². The highest BCUT2D eigenvalue weighted by Gasteiger charge is 2.21. The Labute approximate surface area is 141 Å². The molecule has 4 heteroatoms. The van der Waals surface area contributed by atoms with Gasteiger partial charge in [0.25, 0.3) is 0 Å². The van der Waals surface area contributed by atoms with Gasteiger partial charge in [-0.2, -0.15) is 5.26 Å². The van der Waals surface area contributed by atoms with E-state index in [1.165, 1.54) is 22.5 Å². The second kappa shape index (κ2) is 6.97. The van der Waals surface area contributed by atoms with Crippen LogP contribution in [0, 0.1) is 11.3 Å². The normalized spacial score (nSPS) is 13.3. The Morgan fingerprint density at radius 3 is 2.61 bits per heavy atom. The van der Waals surface area contributed by atoms with Crippen LogP contribution in [0.4, 0.5) is 10.7 Å². The number of nitrogens with zero attached hydrogens (tertiary/aromatic N) is 3. The molecule has 0 fully saturated rings. The van der Waals surface area contributed by atoms with Gasteiger partial charge in [0.2, 0.25) is 0 Å². The maximum absolute atomic E-state index is 9.40. The van der Waals surface area contributed by atoms with Gasteiger partial charge in [0, 0.05) is 29.9 Å². The van der Waals surface area contributed by atoms with Crippen LogP contribution in [0.3, 0.4) is 0 Å². The first-order valence-corrected chi connectivity index (χ1v) is 9.02. The number of aliphatic imine (C=N–C) groups is 1. The van der Waals surface area contributed by atoms with Crippen molar-refractivity contribution < 1.29 is 0 Å². The molecule has 3 nitrogen and oxygen atoms in total. The predicted octanol–water partition coefficient (Wildman–Crippen LogP) is 4.71. The molecule has 3 rings (SSSR count). The first-order valence-electron chi connectivity index (χ1n) is 8.20. The van der Waals surface area contributed by atoms with Crippen molar-refractivity contribution in [1.82, 2.24) is 0 Å². The number of thiophene rings is 1. The predicted molar refractivity (Wildman–Crippen MR) is 98.3 cm³/mol. The van der Waals surface area contributed by atoms with E-state index < -0.39 is 0 Å². The standard InChI is InChI=1S/C19H21N3S/c1-3-22(4-2)15-10-8-14(9-11-15)13-21-19-17(12-20)16-6-5-7-18(16)23-19/h8-11,13H,3-7H2,1-2H3. The molecule has 2 aromatic rings. The van der Waals surface area contributed by atoms with E-state index in [1.807, 2.05) is 6.21 Å². The van der Waals surface area contributed by atoms with Gasteiger partial charge in [0.1, 0.15) is 11.1 Å². The van der Waals surface area contributed by atoms with Crippen LogP contribution in [0.5, 0.6) is 0 Å². The highest BCUT2D eigenvalue weighted by molar-refractivity contribution is 7.16. The molecular formula is C19H21N3S. The van der Waals surface area contributed by atoms with E-state index in [9.17, 15) is 5.26 Å². The minimum absolute atomic E-state index is 0.790. The summed E-state index contributed by atoms with van der Waals surface area (Å²) in [6.07, 6.45) is 5.17. The average molecular weight is 323 g/mol. The lowest BCUT2D eigenvalue weighted by Gasteiger charge is -2.20. The molecule has 1 aliphatic rings. The van der Waals surface area contributed by atoms with Crippen LogP contribution >= 0.6 is 11.3 Å². The SMILES string of the molecule is CCN(CC)c1ccc(C=Nc2sc3c(c2C#N)CCC3)cc1. The largest absolute Gasteiger partial charge is 0.372 e. The minimum Gasteiger partial charge on any atom is -0.372 e. The van der Waals surface area contributed by atoms with Crippen LogP contribution in [-0.2, 0) is 12.8 Å². The lowest BCUT2D eigenvalue weighted by Crippen LogP contribution is -2.21. The molecule has 0 spiro atoms. The van der Waals surface area contributed by atoms with E-state index in [4.69, 9.17) is 0 Å². The molecule has 0 saturated heterocycles. The number of hydrogen-bond acceptors (Lipinski definition) is 4. The van der Waals surface area contributed by atoms with Gasteiger partial charge in [-0.3, -0.25) is 0 Å². The lowest BCUT2D eigenvalue weighted by molar-refractivity contribution is 0.866. The Balaban J connectivity index is 1.80. The third-order valence-corrected chi connectivity index (χ3v) is 5.57. The van der Waals surface area contributed by atoms with Gasteiger partial charge in [-0.1, -0.05) is 12.1 Å². The molecule has 1 aromatic carbocycles. The Kier molecular flexibility index (Phi) is 4.78. The van der Waals surface area contributed by atoms with Gasteiger partial charge in [-0.05, 0) is 56.4 Å². The van der Waals surface area contributed by atoms with E-state index in [0.717, 1.165) is 42.1 Å². The minimum atomic E-state index is 0.790. The molecule has 0 saturated carbocycles. The van der Waals surface area contributed by atoms with Crippen LogP contribution in [0.2, 0.25) is 0 Å². The Bertz CT molecular complexity index is 746. The summed E-state index contributed by atoms with van der Waals surface area (Å²) in [6.45, 7) is 6.35. The van der Waals surface area contributed by atoms with E-state index in [2.05, 4.69) is 54.1 Å². The molecule has 0 bridgehead atoms. The number of aryl methyl sites for hydroxylation is 1. The lowest BCUT2D eigenvalue weighted by atomic mass is 10.1. The van der Waals surface area contributed by atoms with Crippen molar-refractivity contribution in [2.45, 2.75) is 33.1 Å². The van der Waals surface area contributed by atoms with Gasteiger partial charge >= 0.3 is 0 Å². The molecule has 0 radical (unpaired) electrons. The van der Waals surface area contributed by atoms with Gasteiger partial charge in [-0.25, -0.2) is 4.99 Å². The summed E-state index contributed by atoms with van der Waals surface area (Å²) < 4.78 is 0. The Morgan fingerprint density at radius 1 is 1.22 bits per heavy atom. The molecule has 1 aliphatic carbocycles. The molecular weight excluding hydrogens is 302 g/mol. The van der Waals surface area contributed by atoms with Crippen LogP contribution in [0.1, 0.15) is 41.8 Å². The number of benzene rings is 1. The fraction of sp³-hybridized carbons (Fsp3) is 0.368. The van der Waals surface area contributed by atoms with Crippen molar-refractivity contribution in [2.24, 2.45) is 4.99 Å². The van der Waals surface area contributed by atoms with Crippen molar-refractivity contribution >= 4 is 28.2 Å². The summed E-state index contributed by atoms with van der Waals surface area (Å²) in [5.74, 6) is 0. The molecule has 1 heterocycles. The van der Waals surface area contributed by atoms with Gasteiger partial charge in [0.05, 0.1) is 5.56 Å². The average Bonchev–Trinajstić information content (AvgIpc) is 3.15. The van der Waals surface area contributed by atoms with E-state index in [1.54, 1.807) is 11.3 Å². The van der Waals surface area contributed by atoms with E-state index in [-0.39, 0.29) is 0 Å². The molecule has 118 valence electrons. The van der Waals surface area contributed by atoms with E-state index in [0.29, 0.717) is 0 Å². The number of rotatable bonds is 5. The third-order valence-electron chi connectivity index (χ3n) is 4.37. The fourth-order valence-corrected chi connectivity index (χ4v) is 4.27. The summed E-state index contributed by atoms with van der Waals surface area (Å²) >= 11 is 1.68. The number of fused-ring (bicyclic) bond motifs is 1. The van der Waals surface area contributed by atoms with Crippen molar-refractivity contribution in [2.75, 3.05) is 18.0 Å². The molecule has 0 N–H and O–H groups in total. The highest BCUT2D eigenvalue weighted by atomic mass is 32.1. The second-order valence-electron chi connectivity index (χ2n) is 5.67. The summed E-state index contributed by atoms with van der Waals surface area (Å²) in [5, 5.41) is 10.3. The van der Waals surface area contributed by atoms with Crippen LogP contribution in [0.25, 0.3) is 0 Å². The van der Waals surface area contributed by atoms with Gasteiger partial charge < -0.3 is 4.90 Å². The fourth-order valence-electron chi connectivity index (χ4n) is 3.09. The maximum Gasteiger partial charge on any atom is 0.134 e. The zero-order chi connectivity index (χ0) is 16.2. The first kappa shape index (κ1) is 15.8. The van der Waals surface area contributed by atoms with Crippen molar-refractivity contribution in [3.05, 3.63) is 45.8 Å². The van der Waals surface area contributed by atoms with Gasteiger partial charge in [-0.15, -0.1) is 11.3 Å². The number of hydrogen-bond donors (Lipinski definition) is 0. The molecule has 0 amide bonds. The number of anilines is 1. The van der Waals surface area contributed by atoms with Crippen molar-refractivity contribution in [3.63, 3.8) is 0 Å². The molecule has 0 aliphatic heterocycles. The summed E-state index contributed by atoms with van der Waals surface area (Å²) in [7, 11) is 0. The zero-order valence-corrected chi connectivity index (χ0v) is 14.5. The van der Waals surface area contributed by atoms with Crippen LogP contribution in [0.15, 0.2) is 29.3 Å². The molecule has 0 unspecified atom stereocenters. The molecule has 0 atom stereocenters. The van der Waals surface area contributed by atoms with E-state index >= 15 is 0 Å². The monoisotopic (exact) mass is 323 g/mol. The van der Waals surface area contributed by atoms with Crippen LogP contribution in [-0.4, -0.2) is 19.3 Å². The molecule has 23 heavy (non-hydrogen) atoms. The van der Waals surface area contributed by atoms with Crippen molar-refractivity contribution in [1.29, 1.82) is 5.26 Å². The third kappa shape index (κ3) is 3.16. The summed E-state index contributed by atoms with van der Waals surface area (Å²) in [6, 6.07) is 10.8. The maximum atomic E-state index is 9.40.